The van der Waals surface area contributed by atoms with Crippen LogP contribution in [0.1, 0.15) is 23.2 Å². The Morgan fingerprint density at radius 1 is 1.12 bits per heavy atom. The topological polar surface area (TPSA) is 137 Å². The van der Waals surface area contributed by atoms with Crippen molar-refractivity contribution in [1.29, 1.82) is 0 Å². The molecule has 4 aromatic rings. The smallest absolute Gasteiger partial charge is 0.387 e. The van der Waals surface area contributed by atoms with Crippen LogP contribution in [-0.4, -0.2) is 140 Å². The molecular formula is C33H41ClF2N10O4. The number of piperidine rings is 1. The number of hydrogen-bond donors (Lipinski definition) is 2. The molecule has 0 spiro atoms. The van der Waals surface area contributed by atoms with Crippen molar-refractivity contribution >= 4 is 34.7 Å². The Hall–Kier alpha value is -4.22. The fourth-order valence-electron chi connectivity index (χ4n) is 6.37. The van der Waals surface area contributed by atoms with Crippen molar-refractivity contribution in [3.63, 3.8) is 0 Å². The van der Waals surface area contributed by atoms with Crippen molar-refractivity contribution < 1.29 is 28.2 Å². The van der Waals surface area contributed by atoms with Crippen molar-refractivity contribution in [1.82, 2.24) is 44.0 Å². The number of nitrogens with zero attached hydrogens (tertiary/aromatic N) is 9. The van der Waals surface area contributed by atoms with Crippen molar-refractivity contribution in [2.75, 3.05) is 71.8 Å². The molecule has 2 amide bonds. The summed E-state index contributed by atoms with van der Waals surface area (Å²) in [4.78, 5) is 39.5. The Morgan fingerprint density at radius 2 is 1.86 bits per heavy atom. The quantitative estimate of drug-likeness (QED) is 0.211. The number of benzene rings is 1. The molecule has 2 fully saturated rings. The Morgan fingerprint density at radius 3 is 2.58 bits per heavy atom. The van der Waals surface area contributed by atoms with Gasteiger partial charge in [-0.25, -0.2) is 9.50 Å². The van der Waals surface area contributed by atoms with E-state index in [1.165, 1.54) is 46.0 Å². The number of aromatic nitrogens is 5. The zero-order chi connectivity index (χ0) is 35.4. The zero-order valence-electron chi connectivity index (χ0n) is 28.0. The van der Waals surface area contributed by atoms with Gasteiger partial charge in [0, 0.05) is 81.5 Å². The van der Waals surface area contributed by atoms with Gasteiger partial charge in [-0.2, -0.15) is 19.0 Å². The summed E-state index contributed by atoms with van der Waals surface area (Å²) >= 11 is 6.25. The van der Waals surface area contributed by atoms with E-state index in [0.29, 0.717) is 31.2 Å². The molecule has 0 bridgehead atoms. The highest BCUT2D eigenvalue weighted by Crippen LogP contribution is 2.37. The number of alkyl halides is 2. The second-order valence-corrected chi connectivity index (χ2v) is 13.3. The first kappa shape index (κ1) is 35.6. The minimum Gasteiger partial charge on any atom is -0.434 e. The number of aliphatic hydroxyl groups is 1. The minimum atomic E-state index is -3.11. The number of rotatable bonds is 12. The van der Waals surface area contributed by atoms with Crippen LogP contribution in [0.15, 0.2) is 49.1 Å². The average molecular weight is 715 g/mol. The minimum absolute atomic E-state index is 0.101. The third-order valence-electron chi connectivity index (χ3n) is 9.21. The van der Waals surface area contributed by atoms with Crippen LogP contribution in [0.5, 0.6) is 5.75 Å². The standard InChI is InChI=1S/C33H41ClF2N10O4/c1-41(2)28(47)20-43-14-12-42(13-15-43)18-22-6-10-44(11-7-22)29(48)21-45-19-26(39-32(49)25-17-38-46-9-3-8-37-31(25)46)30(40-45)24-16-23(34)4-5-27(24)50-33(35)36/h3-5,8-9,16-17,19,22,28,33,47H,6-7,10-15,18,20-21H2,1-2H3,(H,39,49). The van der Waals surface area contributed by atoms with Gasteiger partial charge in [-0.1, -0.05) is 11.6 Å². The summed E-state index contributed by atoms with van der Waals surface area (Å²) in [6.07, 6.45) is 7.32. The lowest BCUT2D eigenvalue weighted by Gasteiger charge is -2.39. The Kier molecular flexibility index (Phi) is 11.2. The lowest BCUT2D eigenvalue weighted by atomic mass is 9.96. The number of β-amino-alcohol motifs (C(OH)–C–C–N with tert-alkyl or cyclic N) is 1. The van der Waals surface area contributed by atoms with E-state index in [1.807, 2.05) is 23.9 Å². The number of ether oxygens (including phenoxy) is 1. The maximum Gasteiger partial charge on any atom is 0.387 e. The molecule has 1 aromatic carbocycles. The predicted octanol–water partition coefficient (Wildman–Crippen LogP) is 2.84. The van der Waals surface area contributed by atoms with E-state index in [1.54, 1.807) is 12.3 Å². The van der Waals surface area contributed by atoms with E-state index in [2.05, 4.69) is 30.3 Å². The molecule has 17 heteroatoms. The van der Waals surface area contributed by atoms with Gasteiger partial charge >= 0.3 is 6.61 Å². The molecule has 5 heterocycles. The molecule has 3 aromatic heterocycles. The molecule has 50 heavy (non-hydrogen) atoms. The number of carbonyl (C=O) groups is 2. The molecule has 1 atom stereocenters. The summed E-state index contributed by atoms with van der Waals surface area (Å²) in [5.74, 6) is -0.422. The second-order valence-electron chi connectivity index (χ2n) is 12.9. The SMILES string of the molecule is CN(C)C(O)CN1CCN(CC2CCN(C(=O)Cn3cc(NC(=O)c4cnn5cccnc45)c(-c4cc(Cl)ccc4OC(F)F)n3)CC2)CC1. The Labute approximate surface area is 293 Å². The van der Waals surface area contributed by atoms with E-state index in [9.17, 15) is 23.5 Å². The molecule has 0 aliphatic carbocycles. The molecule has 268 valence electrons. The molecule has 2 N–H and O–H groups in total. The van der Waals surface area contributed by atoms with Crippen LogP contribution in [0.25, 0.3) is 16.9 Å². The number of piperazine rings is 1. The van der Waals surface area contributed by atoms with Crippen LogP contribution in [0.4, 0.5) is 14.5 Å². The maximum atomic E-state index is 13.5. The first-order valence-electron chi connectivity index (χ1n) is 16.5. The molecular weight excluding hydrogens is 674 g/mol. The van der Waals surface area contributed by atoms with Crippen LogP contribution < -0.4 is 10.1 Å². The van der Waals surface area contributed by atoms with Crippen molar-refractivity contribution in [3.8, 4) is 17.0 Å². The van der Waals surface area contributed by atoms with Crippen LogP contribution in [0.3, 0.4) is 0 Å². The number of amides is 2. The van der Waals surface area contributed by atoms with E-state index >= 15 is 0 Å². The van der Waals surface area contributed by atoms with Crippen LogP contribution >= 0.6 is 11.6 Å². The molecule has 2 saturated heterocycles. The largest absolute Gasteiger partial charge is 0.434 e. The van der Waals surface area contributed by atoms with Crippen molar-refractivity contribution in [3.05, 3.63) is 59.6 Å². The molecule has 0 saturated carbocycles. The number of likely N-dealkylation sites (N-methyl/N-ethyl adjacent to an activating group) is 1. The number of carbonyl (C=O) groups excluding carboxylic acids is 2. The third kappa shape index (κ3) is 8.55. The van der Waals surface area contributed by atoms with Gasteiger partial charge in [-0.15, -0.1) is 0 Å². The average Bonchev–Trinajstić information content (AvgIpc) is 3.70. The normalized spacial score (nSPS) is 17.2. The van der Waals surface area contributed by atoms with Gasteiger partial charge < -0.3 is 25.0 Å². The lowest BCUT2D eigenvalue weighted by Crippen LogP contribution is -2.52. The van der Waals surface area contributed by atoms with Gasteiger partial charge in [0.2, 0.25) is 5.91 Å². The number of hydrogen-bond acceptors (Lipinski definition) is 10. The van der Waals surface area contributed by atoms with Gasteiger partial charge in [-0.05, 0) is 57.1 Å². The first-order valence-corrected chi connectivity index (χ1v) is 16.9. The Balaban J connectivity index is 1.12. The summed E-state index contributed by atoms with van der Waals surface area (Å²) in [5.41, 5.74) is 0.888. The van der Waals surface area contributed by atoms with Crippen molar-refractivity contribution in [2.24, 2.45) is 5.92 Å². The van der Waals surface area contributed by atoms with Gasteiger partial charge in [0.15, 0.2) is 5.65 Å². The lowest BCUT2D eigenvalue weighted by molar-refractivity contribution is -0.133. The molecule has 14 nitrogen and oxygen atoms in total. The van der Waals surface area contributed by atoms with Crippen LogP contribution in [0.2, 0.25) is 5.02 Å². The highest BCUT2D eigenvalue weighted by molar-refractivity contribution is 6.31. The predicted molar refractivity (Wildman–Crippen MR) is 182 cm³/mol. The summed E-state index contributed by atoms with van der Waals surface area (Å²) in [7, 11) is 3.74. The number of likely N-dealkylation sites (tertiary alicyclic amines) is 1. The first-order chi connectivity index (χ1) is 24.0. The molecule has 6 rings (SSSR count). The fraction of sp³-hybridized carbons (Fsp3) is 0.485. The summed E-state index contributed by atoms with van der Waals surface area (Å²) < 4.78 is 34.3. The van der Waals surface area contributed by atoms with Crippen LogP contribution in [-0.2, 0) is 11.3 Å². The fourth-order valence-corrected chi connectivity index (χ4v) is 6.55. The Bertz CT molecular complexity index is 1790. The van der Waals surface area contributed by atoms with E-state index < -0.39 is 18.7 Å². The van der Waals surface area contributed by atoms with Gasteiger partial charge in [0.05, 0.1) is 11.9 Å². The monoisotopic (exact) mass is 714 g/mol. The third-order valence-corrected chi connectivity index (χ3v) is 9.45. The van der Waals surface area contributed by atoms with Gasteiger partial charge in [0.25, 0.3) is 5.91 Å². The van der Waals surface area contributed by atoms with E-state index in [-0.39, 0.29) is 45.7 Å². The number of fused-ring (bicyclic) bond motifs is 1. The van der Waals surface area contributed by atoms with E-state index in [0.717, 1.165) is 45.6 Å². The zero-order valence-corrected chi connectivity index (χ0v) is 28.7. The number of nitrogens with one attached hydrogen (secondary N) is 1. The highest BCUT2D eigenvalue weighted by atomic mass is 35.5. The number of anilines is 1. The molecule has 2 aliphatic rings. The second kappa shape index (κ2) is 15.8. The highest BCUT2D eigenvalue weighted by Gasteiger charge is 2.28. The van der Waals surface area contributed by atoms with Gasteiger partial charge in [-0.3, -0.25) is 24.1 Å². The molecule has 2 aliphatic heterocycles. The summed E-state index contributed by atoms with van der Waals surface area (Å²) in [5, 5.41) is 21.9. The molecule has 1 unspecified atom stereocenters. The van der Waals surface area contributed by atoms with Gasteiger partial charge in [0.1, 0.15) is 29.8 Å². The number of aliphatic hydroxyl groups excluding tert-OH is 1. The maximum absolute atomic E-state index is 13.5. The molecule has 0 radical (unpaired) electrons. The summed E-state index contributed by atoms with van der Waals surface area (Å²) in [6.45, 7) is 3.31. The number of halogens is 3. The van der Waals surface area contributed by atoms with Crippen LogP contribution in [0, 0.1) is 5.92 Å². The van der Waals surface area contributed by atoms with Crippen molar-refractivity contribution in [2.45, 2.75) is 32.2 Å². The van der Waals surface area contributed by atoms with E-state index in [4.69, 9.17) is 16.3 Å². The summed E-state index contributed by atoms with van der Waals surface area (Å²) in [6, 6.07) is 5.80.